The number of hydrogen-bond acceptors (Lipinski definition) is 9. The van der Waals surface area contributed by atoms with Crippen molar-refractivity contribution in [1.29, 1.82) is 0 Å². The number of carbonyl (C=O) groups is 1. The lowest BCUT2D eigenvalue weighted by molar-refractivity contribution is 0.102. The molecule has 0 bridgehead atoms. The second kappa shape index (κ2) is 10.7. The van der Waals surface area contributed by atoms with Crippen molar-refractivity contribution >= 4 is 44.5 Å². The van der Waals surface area contributed by atoms with Crippen molar-refractivity contribution in [2.24, 2.45) is 5.41 Å². The molecular formula is C28H40N6O5S. The summed E-state index contributed by atoms with van der Waals surface area (Å²) in [5.41, 5.74) is 3.73. The third kappa shape index (κ3) is 6.13. The maximum atomic E-state index is 13.6. The zero-order valence-corrected chi connectivity index (χ0v) is 24.3. The molecule has 0 radical (unpaired) electrons. The highest BCUT2D eigenvalue weighted by Crippen LogP contribution is 2.54. The van der Waals surface area contributed by atoms with E-state index >= 15 is 0 Å². The smallest absolute Gasteiger partial charge is 0.274 e. The number of hydrogen-bond donors (Lipinski definition) is 5. The normalized spacial score (nSPS) is 18.0. The number of sulfonamides is 1. The summed E-state index contributed by atoms with van der Waals surface area (Å²) in [7, 11) is -1.71. The summed E-state index contributed by atoms with van der Waals surface area (Å²) in [6.45, 7) is 5.63. The third-order valence-corrected chi connectivity index (χ3v) is 9.52. The summed E-state index contributed by atoms with van der Waals surface area (Å²) < 4.78 is 27.2. The van der Waals surface area contributed by atoms with Crippen molar-refractivity contribution in [3.63, 3.8) is 0 Å². The zero-order chi connectivity index (χ0) is 28.7. The Kier molecular flexibility index (Phi) is 7.62. The lowest BCUT2D eigenvalue weighted by Crippen LogP contribution is -2.36. The Bertz CT molecular complexity index is 1380. The van der Waals surface area contributed by atoms with Gasteiger partial charge in [-0.3, -0.25) is 9.52 Å². The highest BCUT2D eigenvalue weighted by molar-refractivity contribution is 7.92. The van der Waals surface area contributed by atoms with E-state index in [1.807, 2.05) is 27.0 Å². The number of rotatable bonds is 10. The molecule has 2 fully saturated rings. The van der Waals surface area contributed by atoms with Crippen LogP contribution in [0.1, 0.15) is 55.6 Å². The first-order chi connectivity index (χ1) is 18.9. The van der Waals surface area contributed by atoms with Crippen LogP contribution in [-0.2, 0) is 16.4 Å². The van der Waals surface area contributed by atoms with Gasteiger partial charge in [0.25, 0.3) is 5.91 Å². The van der Waals surface area contributed by atoms with E-state index in [1.165, 1.54) is 12.8 Å². The quantitative estimate of drug-likeness (QED) is 0.290. The number of benzene rings is 1. The van der Waals surface area contributed by atoms with E-state index in [-0.39, 0.29) is 18.2 Å². The second-order valence-corrected chi connectivity index (χ2v) is 13.9. The van der Waals surface area contributed by atoms with Gasteiger partial charge in [-0.1, -0.05) is 0 Å². The molecule has 1 spiro atoms. The van der Waals surface area contributed by atoms with E-state index < -0.39 is 27.9 Å². The molecule has 2 aromatic rings. The average molecular weight is 573 g/mol. The summed E-state index contributed by atoms with van der Waals surface area (Å²) in [6.07, 6.45) is 5.43. The number of pyridine rings is 1. The molecule has 1 aromatic heterocycles. The van der Waals surface area contributed by atoms with Gasteiger partial charge in [-0.05, 0) is 81.2 Å². The summed E-state index contributed by atoms with van der Waals surface area (Å²) in [5.74, 6) is -0.204. The van der Waals surface area contributed by atoms with Crippen LogP contribution in [0.4, 0.5) is 28.6 Å². The van der Waals surface area contributed by atoms with Crippen molar-refractivity contribution < 1.29 is 23.4 Å². The van der Waals surface area contributed by atoms with Crippen LogP contribution in [-0.4, -0.2) is 80.7 Å². The van der Waals surface area contributed by atoms with Crippen LogP contribution in [0.3, 0.4) is 0 Å². The van der Waals surface area contributed by atoms with Gasteiger partial charge in [0.15, 0.2) is 5.82 Å². The molecule has 5 N–H and O–H groups in total. The Labute approximate surface area is 236 Å². The van der Waals surface area contributed by atoms with Crippen molar-refractivity contribution in [3.05, 3.63) is 35.5 Å². The molecule has 40 heavy (non-hydrogen) atoms. The number of piperidine rings is 1. The number of amides is 1. The number of aliphatic hydroxyl groups excluding tert-OH is 2. The largest absolute Gasteiger partial charge is 0.395 e. The van der Waals surface area contributed by atoms with E-state index in [2.05, 4.69) is 30.1 Å². The second-order valence-electron chi connectivity index (χ2n) is 12.0. The number of carbonyl (C=O) groups excluding carboxylic acids is 1. The Balaban J connectivity index is 1.44. The van der Waals surface area contributed by atoms with Crippen LogP contribution in [0.5, 0.6) is 0 Å². The number of anilines is 5. The van der Waals surface area contributed by atoms with E-state index in [9.17, 15) is 18.3 Å². The summed E-state index contributed by atoms with van der Waals surface area (Å²) >= 11 is 0. The zero-order valence-electron chi connectivity index (χ0n) is 23.5. The first kappa shape index (κ1) is 28.4. The highest BCUT2D eigenvalue weighted by Gasteiger charge is 2.44. The Hall–Kier alpha value is -3.09. The van der Waals surface area contributed by atoms with Gasteiger partial charge < -0.3 is 30.6 Å². The highest BCUT2D eigenvalue weighted by atomic mass is 32.2. The lowest BCUT2D eigenvalue weighted by atomic mass is 9.93. The SMILES string of the molecule is CN1CCc2cc(C(=O)Nc3ccc(NS(=O)(=O)CCO)cc3N3CCC4(CC3)CC4)nc(NC(C)(C)CO)c21. The van der Waals surface area contributed by atoms with Crippen molar-refractivity contribution in [2.45, 2.75) is 51.5 Å². The van der Waals surface area contributed by atoms with E-state index in [1.54, 1.807) is 18.2 Å². The van der Waals surface area contributed by atoms with Gasteiger partial charge >= 0.3 is 0 Å². The molecule has 5 rings (SSSR count). The predicted molar refractivity (Wildman–Crippen MR) is 158 cm³/mol. The molecule has 1 saturated heterocycles. The number of nitrogens with one attached hydrogen (secondary N) is 3. The number of aliphatic hydroxyl groups is 2. The van der Waals surface area contributed by atoms with E-state index in [4.69, 9.17) is 5.11 Å². The first-order valence-corrected chi connectivity index (χ1v) is 15.5. The maximum absolute atomic E-state index is 13.6. The average Bonchev–Trinajstić information content (AvgIpc) is 3.55. The minimum Gasteiger partial charge on any atom is -0.395 e. The van der Waals surface area contributed by atoms with Gasteiger partial charge in [0, 0.05) is 26.7 Å². The minimum atomic E-state index is -3.70. The van der Waals surface area contributed by atoms with Crippen LogP contribution >= 0.6 is 0 Å². The summed E-state index contributed by atoms with van der Waals surface area (Å²) in [5, 5.41) is 25.3. The van der Waals surface area contributed by atoms with Crippen molar-refractivity contribution in [3.8, 4) is 0 Å². The molecule has 218 valence electrons. The standard InChI is InChI=1S/C28H40N6O5S/c1-27(2,18-36)31-25-24-19(6-11-33(24)3)16-22(29-25)26(37)30-21-5-4-20(32-40(38,39)15-14-35)17-23(21)34-12-9-28(7-8-28)10-13-34/h4-5,16-17,32,35-36H,6-15,18H2,1-3H3,(H,29,31)(H,30,37). The molecule has 11 nitrogen and oxygen atoms in total. The van der Waals surface area contributed by atoms with Gasteiger partial charge in [-0.2, -0.15) is 0 Å². The fourth-order valence-electron chi connectivity index (χ4n) is 5.57. The minimum absolute atomic E-state index is 0.0987. The monoisotopic (exact) mass is 572 g/mol. The first-order valence-electron chi connectivity index (χ1n) is 13.9. The van der Waals surface area contributed by atoms with Crippen LogP contribution in [0.25, 0.3) is 0 Å². The predicted octanol–water partition coefficient (Wildman–Crippen LogP) is 2.62. The van der Waals surface area contributed by atoms with Crippen LogP contribution in [0.15, 0.2) is 24.3 Å². The molecule has 1 saturated carbocycles. The maximum Gasteiger partial charge on any atom is 0.274 e. The van der Waals surface area contributed by atoms with Gasteiger partial charge in [0.05, 0.1) is 47.3 Å². The van der Waals surface area contributed by atoms with Gasteiger partial charge in [-0.15, -0.1) is 0 Å². The van der Waals surface area contributed by atoms with E-state index in [0.29, 0.717) is 22.6 Å². The molecule has 3 aliphatic rings. The molecular weight excluding hydrogens is 532 g/mol. The van der Waals surface area contributed by atoms with Gasteiger partial charge in [0.1, 0.15) is 5.69 Å². The van der Waals surface area contributed by atoms with Crippen molar-refractivity contribution in [1.82, 2.24) is 4.98 Å². The fraction of sp³-hybridized carbons (Fsp3) is 0.571. The van der Waals surface area contributed by atoms with Gasteiger partial charge in [0.2, 0.25) is 10.0 Å². The van der Waals surface area contributed by atoms with Gasteiger partial charge in [-0.25, -0.2) is 13.4 Å². The molecule has 2 aliphatic heterocycles. The lowest BCUT2D eigenvalue weighted by Gasteiger charge is -2.35. The molecule has 1 aliphatic carbocycles. The number of fused-ring (bicyclic) bond motifs is 1. The summed E-state index contributed by atoms with van der Waals surface area (Å²) in [6, 6.07) is 6.89. The third-order valence-electron chi connectivity index (χ3n) is 8.26. The molecule has 0 atom stereocenters. The Morgan fingerprint density at radius 2 is 1.82 bits per heavy atom. The molecule has 0 unspecified atom stereocenters. The van der Waals surface area contributed by atoms with Crippen LogP contribution < -0.4 is 25.2 Å². The Morgan fingerprint density at radius 3 is 2.48 bits per heavy atom. The number of nitrogens with zero attached hydrogens (tertiary/aromatic N) is 3. The molecule has 12 heteroatoms. The van der Waals surface area contributed by atoms with E-state index in [0.717, 1.165) is 55.8 Å². The van der Waals surface area contributed by atoms with Crippen LogP contribution in [0, 0.1) is 5.41 Å². The Morgan fingerprint density at radius 1 is 1.10 bits per heavy atom. The molecule has 1 aromatic carbocycles. The molecule has 1 amide bonds. The summed E-state index contributed by atoms with van der Waals surface area (Å²) in [4.78, 5) is 22.6. The fourth-order valence-corrected chi connectivity index (χ4v) is 6.40. The topological polar surface area (TPSA) is 147 Å². The van der Waals surface area contributed by atoms with Crippen molar-refractivity contribution in [2.75, 3.05) is 70.8 Å². The number of likely N-dealkylation sites (N-methyl/N-ethyl adjacent to an activating group) is 1. The molecule has 3 heterocycles. The number of aromatic nitrogens is 1. The van der Waals surface area contributed by atoms with Crippen LogP contribution in [0.2, 0.25) is 0 Å².